The van der Waals surface area contributed by atoms with Crippen LogP contribution in [0.25, 0.3) is 0 Å². The molecule has 2 aliphatic rings. The monoisotopic (exact) mass is 387 g/mol. The molecule has 0 radical (unpaired) electrons. The van der Waals surface area contributed by atoms with Crippen molar-refractivity contribution in [3.8, 4) is 11.5 Å². The zero-order chi connectivity index (χ0) is 18.6. The number of nitrogens with one attached hydrogen (secondary N) is 2. The van der Waals surface area contributed by atoms with Gasteiger partial charge in [0.15, 0.2) is 11.5 Å². The minimum Gasteiger partial charge on any atom is -0.454 e. The molecule has 0 aromatic heterocycles. The number of amides is 1. The van der Waals surface area contributed by atoms with E-state index in [-0.39, 0.29) is 18.7 Å². The molecule has 1 amide bonds. The Morgan fingerprint density at radius 3 is 3.00 bits per heavy atom. The average molecular weight is 388 g/mol. The summed E-state index contributed by atoms with van der Waals surface area (Å²) in [6.07, 6.45) is 0. The second-order valence-electron chi connectivity index (χ2n) is 6.71. The third-order valence-corrected chi connectivity index (χ3v) is 5.10. The summed E-state index contributed by atoms with van der Waals surface area (Å²) >= 11 is 6.14. The molecule has 4 rings (SSSR count). The molecule has 142 valence electrons. The third kappa shape index (κ3) is 4.35. The molecule has 2 aromatic rings. The van der Waals surface area contributed by atoms with Crippen LogP contribution in [0.3, 0.4) is 0 Å². The predicted molar refractivity (Wildman–Crippen MR) is 103 cm³/mol. The van der Waals surface area contributed by atoms with Gasteiger partial charge >= 0.3 is 0 Å². The van der Waals surface area contributed by atoms with Gasteiger partial charge in [0.1, 0.15) is 0 Å². The largest absolute Gasteiger partial charge is 0.454 e. The molecule has 1 unspecified atom stereocenters. The zero-order valence-corrected chi connectivity index (χ0v) is 15.7. The van der Waals surface area contributed by atoms with Crippen molar-refractivity contribution in [1.29, 1.82) is 0 Å². The van der Waals surface area contributed by atoms with Crippen molar-refractivity contribution >= 4 is 17.5 Å². The highest BCUT2D eigenvalue weighted by atomic mass is 35.5. The van der Waals surface area contributed by atoms with Gasteiger partial charge in [0.25, 0.3) is 0 Å². The van der Waals surface area contributed by atoms with Crippen LogP contribution in [-0.2, 0) is 11.3 Å². The fraction of sp³-hybridized carbons (Fsp3) is 0.350. The van der Waals surface area contributed by atoms with Crippen LogP contribution in [0, 0.1) is 0 Å². The first-order chi connectivity index (χ1) is 13.2. The van der Waals surface area contributed by atoms with E-state index in [0.717, 1.165) is 42.3 Å². The Morgan fingerprint density at radius 2 is 2.11 bits per heavy atom. The summed E-state index contributed by atoms with van der Waals surface area (Å²) in [6.45, 7) is 3.54. The zero-order valence-electron chi connectivity index (χ0n) is 14.9. The van der Waals surface area contributed by atoms with Crippen LogP contribution >= 0.6 is 11.6 Å². The van der Waals surface area contributed by atoms with Gasteiger partial charge in [-0.1, -0.05) is 29.8 Å². The van der Waals surface area contributed by atoms with Crippen molar-refractivity contribution in [2.24, 2.45) is 0 Å². The van der Waals surface area contributed by atoms with E-state index in [1.807, 2.05) is 36.4 Å². The number of fused-ring (bicyclic) bond motifs is 1. The van der Waals surface area contributed by atoms with Crippen LogP contribution in [0.15, 0.2) is 42.5 Å². The van der Waals surface area contributed by atoms with Crippen LogP contribution in [0.4, 0.5) is 0 Å². The molecule has 2 aromatic carbocycles. The van der Waals surface area contributed by atoms with E-state index in [0.29, 0.717) is 18.1 Å². The first-order valence-electron chi connectivity index (χ1n) is 9.04. The Morgan fingerprint density at radius 1 is 1.22 bits per heavy atom. The van der Waals surface area contributed by atoms with Crippen molar-refractivity contribution in [2.75, 3.05) is 33.0 Å². The molecule has 0 aliphatic carbocycles. The average Bonchev–Trinajstić information content (AvgIpc) is 3.15. The van der Waals surface area contributed by atoms with Gasteiger partial charge in [-0.3, -0.25) is 9.69 Å². The standard InChI is InChI=1S/C20H22ClN3O3/c21-16-3-1-2-15(9-16)17-11-22-6-7-24(17)12-20(25)23-10-14-4-5-18-19(8-14)27-13-26-18/h1-5,8-9,17,22H,6-7,10-13H2,(H,23,25). The normalized spacial score (nSPS) is 19.1. The van der Waals surface area contributed by atoms with Crippen LogP contribution in [-0.4, -0.2) is 43.8 Å². The molecule has 6 nitrogen and oxygen atoms in total. The van der Waals surface area contributed by atoms with Gasteiger partial charge in [0.2, 0.25) is 12.7 Å². The quantitative estimate of drug-likeness (QED) is 0.824. The van der Waals surface area contributed by atoms with E-state index in [1.54, 1.807) is 0 Å². The smallest absolute Gasteiger partial charge is 0.234 e. The number of nitrogens with zero attached hydrogens (tertiary/aromatic N) is 1. The fourth-order valence-corrected chi connectivity index (χ4v) is 3.67. The Kier molecular flexibility index (Phi) is 5.48. The van der Waals surface area contributed by atoms with Crippen molar-refractivity contribution in [3.05, 3.63) is 58.6 Å². The second-order valence-corrected chi connectivity index (χ2v) is 7.15. The lowest BCUT2D eigenvalue weighted by atomic mass is 10.0. The van der Waals surface area contributed by atoms with Crippen LogP contribution < -0.4 is 20.1 Å². The van der Waals surface area contributed by atoms with E-state index in [4.69, 9.17) is 21.1 Å². The third-order valence-electron chi connectivity index (χ3n) is 4.86. The van der Waals surface area contributed by atoms with E-state index in [1.165, 1.54) is 0 Å². The van der Waals surface area contributed by atoms with Gasteiger partial charge < -0.3 is 20.1 Å². The molecule has 0 saturated carbocycles. The lowest BCUT2D eigenvalue weighted by Gasteiger charge is -2.36. The van der Waals surface area contributed by atoms with Crippen LogP contribution in [0.1, 0.15) is 17.2 Å². The summed E-state index contributed by atoms with van der Waals surface area (Å²) in [7, 11) is 0. The van der Waals surface area contributed by atoms with Gasteiger partial charge in [-0.15, -0.1) is 0 Å². The fourth-order valence-electron chi connectivity index (χ4n) is 3.47. The Bertz CT molecular complexity index is 830. The molecular formula is C20H22ClN3O3. The molecule has 2 N–H and O–H groups in total. The number of rotatable bonds is 5. The van der Waals surface area contributed by atoms with Crippen LogP contribution in [0.2, 0.25) is 5.02 Å². The van der Waals surface area contributed by atoms with Gasteiger partial charge in [-0.2, -0.15) is 0 Å². The molecular weight excluding hydrogens is 366 g/mol. The predicted octanol–water partition coefficient (Wildman–Crippen LogP) is 2.33. The minimum absolute atomic E-state index is 0.00148. The molecule has 2 aliphatic heterocycles. The topological polar surface area (TPSA) is 62.8 Å². The van der Waals surface area contributed by atoms with Crippen molar-refractivity contribution in [3.63, 3.8) is 0 Å². The summed E-state index contributed by atoms with van der Waals surface area (Å²) in [5.41, 5.74) is 2.11. The maximum Gasteiger partial charge on any atom is 0.234 e. The van der Waals surface area contributed by atoms with Gasteiger partial charge in [0.05, 0.1) is 6.54 Å². The highest BCUT2D eigenvalue weighted by molar-refractivity contribution is 6.30. The Balaban J connectivity index is 1.36. The Labute approximate surface area is 163 Å². The number of carbonyl (C=O) groups excluding carboxylic acids is 1. The van der Waals surface area contributed by atoms with Gasteiger partial charge in [0, 0.05) is 37.2 Å². The number of benzene rings is 2. The molecule has 1 saturated heterocycles. The minimum atomic E-state index is 0.00148. The SMILES string of the molecule is O=C(CN1CCNCC1c1cccc(Cl)c1)NCc1ccc2c(c1)OCO2. The molecule has 7 heteroatoms. The van der Waals surface area contributed by atoms with E-state index in [9.17, 15) is 4.79 Å². The summed E-state index contributed by atoms with van der Waals surface area (Å²) < 4.78 is 10.7. The number of hydrogen-bond donors (Lipinski definition) is 2. The Hall–Kier alpha value is -2.28. The van der Waals surface area contributed by atoms with Crippen LogP contribution in [0.5, 0.6) is 11.5 Å². The molecule has 2 heterocycles. The number of carbonyl (C=O) groups is 1. The second kappa shape index (κ2) is 8.17. The summed E-state index contributed by atoms with van der Waals surface area (Å²) in [6, 6.07) is 13.7. The molecule has 0 bridgehead atoms. The molecule has 0 spiro atoms. The van der Waals surface area contributed by atoms with E-state index in [2.05, 4.69) is 21.6 Å². The summed E-state index contributed by atoms with van der Waals surface area (Å²) in [5, 5.41) is 7.11. The van der Waals surface area contributed by atoms with E-state index < -0.39 is 0 Å². The number of hydrogen-bond acceptors (Lipinski definition) is 5. The van der Waals surface area contributed by atoms with Crippen molar-refractivity contribution in [1.82, 2.24) is 15.5 Å². The summed E-state index contributed by atoms with van der Waals surface area (Å²) in [5.74, 6) is 1.47. The molecule has 1 atom stereocenters. The van der Waals surface area contributed by atoms with E-state index >= 15 is 0 Å². The first-order valence-corrected chi connectivity index (χ1v) is 9.42. The number of halogens is 1. The summed E-state index contributed by atoms with van der Waals surface area (Å²) in [4.78, 5) is 14.7. The first kappa shape index (κ1) is 18.1. The van der Waals surface area contributed by atoms with Gasteiger partial charge in [-0.25, -0.2) is 0 Å². The highest BCUT2D eigenvalue weighted by Crippen LogP contribution is 2.32. The number of piperazine rings is 1. The lowest BCUT2D eigenvalue weighted by Crippen LogP contribution is -2.49. The van der Waals surface area contributed by atoms with Gasteiger partial charge in [-0.05, 0) is 35.4 Å². The maximum atomic E-state index is 12.5. The number of ether oxygens (including phenoxy) is 2. The van der Waals surface area contributed by atoms with Crippen molar-refractivity contribution in [2.45, 2.75) is 12.6 Å². The van der Waals surface area contributed by atoms with Crippen molar-refractivity contribution < 1.29 is 14.3 Å². The molecule has 1 fully saturated rings. The maximum absolute atomic E-state index is 12.5. The lowest BCUT2D eigenvalue weighted by molar-refractivity contribution is -0.123. The highest BCUT2D eigenvalue weighted by Gasteiger charge is 2.25. The molecule has 27 heavy (non-hydrogen) atoms.